The van der Waals surface area contributed by atoms with E-state index >= 15 is 0 Å². The number of nitrogens with zero attached hydrogens (tertiary/aromatic N) is 4. The summed E-state index contributed by atoms with van der Waals surface area (Å²) in [5, 5.41) is 0.706. The Morgan fingerprint density at radius 1 is 1.25 bits per heavy atom. The van der Waals surface area contributed by atoms with Gasteiger partial charge in [0.15, 0.2) is 5.89 Å². The highest BCUT2D eigenvalue weighted by atomic mass is 35.5. The van der Waals surface area contributed by atoms with Crippen LogP contribution in [0.3, 0.4) is 0 Å². The highest BCUT2D eigenvalue weighted by Gasteiger charge is 2.29. The molecule has 0 N–H and O–H groups in total. The van der Waals surface area contributed by atoms with Crippen LogP contribution >= 0.6 is 11.6 Å². The third-order valence-electron chi connectivity index (χ3n) is 4.90. The van der Waals surface area contributed by atoms with Crippen molar-refractivity contribution in [3.8, 4) is 0 Å². The Kier molecular flexibility index (Phi) is 5.39. The maximum Gasteiger partial charge on any atom is 0.274 e. The van der Waals surface area contributed by atoms with Crippen molar-refractivity contribution in [1.29, 1.82) is 0 Å². The molecular formula is C21H21ClN4O2. The van der Waals surface area contributed by atoms with Gasteiger partial charge in [0, 0.05) is 30.7 Å². The molecule has 2 aromatic heterocycles. The molecule has 6 nitrogen and oxygen atoms in total. The van der Waals surface area contributed by atoms with Crippen molar-refractivity contribution in [1.82, 2.24) is 19.9 Å². The van der Waals surface area contributed by atoms with Gasteiger partial charge in [-0.15, -0.1) is 0 Å². The molecule has 3 aromatic rings. The lowest BCUT2D eigenvalue weighted by molar-refractivity contribution is 0.0691. The van der Waals surface area contributed by atoms with Crippen molar-refractivity contribution in [2.45, 2.75) is 32.1 Å². The molecule has 1 fully saturated rings. The van der Waals surface area contributed by atoms with Gasteiger partial charge in [-0.25, -0.2) is 9.97 Å². The Bertz CT molecular complexity index is 971. The van der Waals surface area contributed by atoms with Crippen LogP contribution in [0.25, 0.3) is 0 Å². The summed E-state index contributed by atoms with van der Waals surface area (Å²) in [4.78, 5) is 27.4. The Hall–Kier alpha value is -2.73. The third kappa shape index (κ3) is 4.22. The van der Waals surface area contributed by atoms with Crippen molar-refractivity contribution in [2.75, 3.05) is 13.1 Å². The second-order valence-electron chi connectivity index (χ2n) is 7.10. The van der Waals surface area contributed by atoms with Crippen LogP contribution in [0.5, 0.6) is 0 Å². The van der Waals surface area contributed by atoms with Crippen molar-refractivity contribution >= 4 is 17.5 Å². The number of piperidine rings is 1. The van der Waals surface area contributed by atoms with E-state index < -0.39 is 0 Å². The van der Waals surface area contributed by atoms with Crippen molar-refractivity contribution < 1.29 is 9.21 Å². The first-order valence-corrected chi connectivity index (χ1v) is 9.73. The number of likely N-dealkylation sites (tertiary alicyclic amines) is 1. The summed E-state index contributed by atoms with van der Waals surface area (Å²) in [6.07, 6.45) is 7.41. The Labute approximate surface area is 168 Å². The fraction of sp³-hybridized carbons (Fsp3) is 0.333. The molecular weight excluding hydrogens is 376 g/mol. The lowest BCUT2D eigenvalue weighted by Crippen LogP contribution is -2.39. The molecule has 0 spiro atoms. The van der Waals surface area contributed by atoms with Crippen LogP contribution in [0.2, 0.25) is 5.02 Å². The van der Waals surface area contributed by atoms with Crippen LogP contribution < -0.4 is 0 Å². The van der Waals surface area contributed by atoms with Gasteiger partial charge in [-0.3, -0.25) is 9.78 Å². The van der Waals surface area contributed by atoms with E-state index in [4.69, 9.17) is 16.0 Å². The zero-order valence-electron chi connectivity index (χ0n) is 15.6. The van der Waals surface area contributed by atoms with Crippen LogP contribution in [-0.4, -0.2) is 38.8 Å². The van der Waals surface area contributed by atoms with Gasteiger partial charge >= 0.3 is 0 Å². The van der Waals surface area contributed by atoms with Crippen molar-refractivity contribution in [3.63, 3.8) is 0 Å². The van der Waals surface area contributed by atoms with E-state index in [0.29, 0.717) is 36.1 Å². The zero-order chi connectivity index (χ0) is 19.5. The topological polar surface area (TPSA) is 72.1 Å². The van der Waals surface area contributed by atoms with Gasteiger partial charge < -0.3 is 9.32 Å². The average molecular weight is 397 g/mol. The van der Waals surface area contributed by atoms with Gasteiger partial charge in [0.05, 0.1) is 24.0 Å². The minimum Gasteiger partial charge on any atom is -0.445 e. The van der Waals surface area contributed by atoms with Gasteiger partial charge in [0.25, 0.3) is 5.91 Å². The Morgan fingerprint density at radius 3 is 2.93 bits per heavy atom. The number of benzene rings is 1. The van der Waals surface area contributed by atoms with Gasteiger partial charge in [-0.1, -0.05) is 23.7 Å². The normalized spacial score (nSPS) is 16.9. The number of hydrogen-bond donors (Lipinski definition) is 0. The van der Waals surface area contributed by atoms with E-state index in [0.717, 1.165) is 29.9 Å². The number of carbonyl (C=O) groups is 1. The molecule has 1 atom stereocenters. The van der Waals surface area contributed by atoms with Gasteiger partial charge in [0.1, 0.15) is 11.5 Å². The number of aryl methyl sites for hydroxylation is 1. The predicted octanol–water partition coefficient (Wildman–Crippen LogP) is 4.04. The molecule has 0 radical (unpaired) electrons. The number of oxazole rings is 1. The third-order valence-corrected chi connectivity index (χ3v) is 5.13. The summed E-state index contributed by atoms with van der Waals surface area (Å²) in [6.45, 7) is 3.13. The van der Waals surface area contributed by atoms with Crippen LogP contribution in [0.4, 0.5) is 0 Å². The molecule has 4 rings (SSSR count). The van der Waals surface area contributed by atoms with Crippen LogP contribution in [0.15, 0.2) is 47.3 Å². The molecule has 0 unspecified atom stereocenters. The molecule has 144 valence electrons. The molecule has 0 bridgehead atoms. The SMILES string of the molecule is Cc1cnc(C(=O)N2CCC[C@@H](c3ncc(Cc4cccc(Cl)c4)o3)C2)cn1. The average Bonchev–Trinajstić information content (AvgIpc) is 3.17. The number of halogens is 1. The number of hydrogen-bond acceptors (Lipinski definition) is 5. The lowest BCUT2D eigenvalue weighted by Gasteiger charge is -2.31. The summed E-state index contributed by atoms with van der Waals surface area (Å²) in [5.41, 5.74) is 2.24. The predicted molar refractivity (Wildman–Crippen MR) is 105 cm³/mol. The molecule has 28 heavy (non-hydrogen) atoms. The lowest BCUT2D eigenvalue weighted by atomic mass is 9.98. The zero-order valence-corrected chi connectivity index (χ0v) is 16.4. The van der Waals surface area contributed by atoms with Gasteiger partial charge in [0.2, 0.25) is 0 Å². The molecule has 0 aliphatic carbocycles. The van der Waals surface area contributed by atoms with Crippen molar-refractivity contribution in [3.05, 3.63) is 76.5 Å². The highest BCUT2D eigenvalue weighted by molar-refractivity contribution is 6.30. The summed E-state index contributed by atoms with van der Waals surface area (Å²) >= 11 is 6.05. The second kappa shape index (κ2) is 8.10. The maximum absolute atomic E-state index is 12.7. The molecule has 1 amide bonds. The Morgan fingerprint density at radius 2 is 2.14 bits per heavy atom. The van der Waals surface area contributed by atoms with E-state index in [1.807, 2.05) is 36.1 Å². The summed E-state index contributed by atoms with van der Waals surface area (Å²) in [7, 11) is 0. The first-order chi connectivity index (χ1) is 13.6. The molecule has 1 aliphatic rings. The highest BCUT2D eigenvalue weighted by Crippen LogP contribution is 2.28. The van der Waals surface area contributed by atoms with Crippen LogP contribution in [0, 0.1) is 6.92 Å². The number of carbonyl (C=O) groups excluding carboxylic acids is 1. The first kappa shape index (κ1) is 18.6. The van der Waals surface area contributed by atoms with E-state index in [1.165, 1.54) is 6.20 Å². The van der Waals surface area contributed by atoms with E-state index in [1.54, 1.807) is 12.4 Å². The maximum atomic E-state index is 12.7. The van der Waals surface area contributed by atoms with Gasteiger partial charge in [-0.2, -0.15) is 0 Å². The van der Waals surface area contributed by atoms with E-state index in [-0.39, 0.29) is 11.8 Å². The minimum atomic E-state index is -0.0945. The van der Waals surface area contributed by atoms with E-state index in [2.05, 4.69) is 15.0 Å². The quantitative estimate of drug-likeness (QED) is 0.665. The van der Waals surface area contributed by atoms with Crippen LogP contribution in [0.1, 0.15) is 52.2 Å². The number of amides is 1. The fourth-order valence-electron chi connectivity index (χ4n) is 3.47. The summed E-state index contributed by atoms with van der Waals surface area (Å²) in [5.74, 6) is 1.47. The largest absolute Gasteiger partial charge is 0.445 e. The second-order valence-corrected chi connectivity index (χ2v) is 7.54. The fourth-order valence-corrected chi connectivity index (χ4v) is 3.68. The molecule has 0 saturated carbocycles. The number of aromatic nitrogens is 3. The molecule has 3 heterocycles. The monoisotopic (exact) mass is 396 g/mol. The summed E-state index contributed by atoms with van der Waals surface area (Å²) in [6, 6.07) is 7.71. The van der Waals surface area contributed by atoms with Crippen LogP contribution in [-0.2, 0) is 6.42 Å². The minimum absolute atomic E-state index is 0.0872. The standard InChI is InChI=1S/C21H21ClN4O2/c1-14-10-24-19(12-23-14)21(27)26-7-3-5-16(13-26)20-25-11-18(28-20)9-15-4-2-6-17(22)8-15/h2,4,6,8,10-12,16H,3,5,7,9,13H2,1H3/t16-/m1/s1. The molecule has 7 heteroatoms. The first-order valence-electron chi connectivity index (χ1n) is 9.35. The smallest absolute Gasteiger partial charge is 0.274 e. The molecule has 1 saturated heterocycles. The van der Waals surface area contributed by atoms with Crippen molar-refractivity contribution in [2.24, 2.45) is 0 Å². The summed E-state index contributed by atoms with van der Waals surface area (Å²) < 4.78 is 6.00. The van der Waals surface area contributed by atoms with Gasteiger partial charge in [-0.05, 0) is 37.5 Å². The molecule has 1 aliphatic heterocycles. The molecule has 1 aromatic carbocycles. The Balaban J connectivity index is 1.44. The number of rotatable bonds is 4. The van der Waals surface area contributed by atoms with E-state index in [9.17, 15) is 4.79 Å².